The summed E-state index contributed by atoms with van der Waals surface area (Å²) in [5.74, 6) is -3.48. The maximum absolute atomic E-state index is 15.8. The van der Waals surface area contributed by atoms with Gasteiger partial charge in [0.25, 0.3) is 0 Å². The fourth-order valence-electron chi connectivity index (χ4n) is 6.10. The second kappa shape index (κ2) is 11.5. The molecule has 1 heterocycles. The highest BCUT2D eigenvalue weighted by atomic mass is 35.5. The summed E-state index contributed by atoms with van der Waals surface area (Å²) >= 11 is 12.3. The Labute approximate surface area is 258 Å². The molecule has 1 aliphatic heterocycles. The highest BCUT2D eigenvalue weighted by Gasteiger charge is 2.58. The number of fused-ring (bicyclic) bond motifs is 1. The van der Waals surface area contributed by atoms with E-state index in [0.717, 1.165) is 16.8 Å². The second-order valence-electron chi connectivity index (χ2n) is 12.3. The van der Waals surface area contributed by atoms with Gasteiger partial charge in [-0.25, -0.2) is 8.78 Å². The Balaban J connectivity index is 1.62. The van der Waals surface area contributed by atoms with E-state index in [1.54, 1.807) is 42.5 Å². The van der Waals surface area contributed by atoms with E-state index >= 15 is 8.78 Å². The van der Waals surface area contributed by atoms with E-state index in [9.17, 15) is 9.59 Å². The Bertz CT molecular complexity index is 1740. The molecule has 4 aromatic carbocycles. The van der Waals surface area contributed by atoms with Crippen LogP contribution in [0.25, 0.3) is 10.8 Å². The quantitative estimate of drug-likeness (QED) is 0.187. The van der Waals surface area contributed by atoms with Gasteiger partial charge in [0.05, 0.1) is 16.6 Å². The number of nitrogens with two attached hydrogens (primary N) is 2. The van der Waals surface area contributed by atoms with Gasteiger partial charge in [-0.15, -0.1) is 0 Å². The summed E-state index contributed by atoms with van der Waals surface area (Å²) in [4.78, 5) is 25.7. The van der Waals surface area contributed by atoms with E-state index in [0.29, 0.717) is 17.7 Å². The first-order chi connectivity index (χ1) is 20.2. The zero-order chi connectivity index (χ0) is 31.3. The molecule has 0 saturated carbocycles. The second-order valence-corrected chi connectivity index (χ2v) is 13.1. The zero-order valence-corrected chi connectivity index (χ0v) is 25.4. The maximum Gasteiger partial charge on any atom is 0.248 e. The number of amides is 2. The molecule has 0 spiro atoms. The Morgan fingerprint density at radius 2 is 1.67 bits per heavy atom. The molecule has 1 aliphatic rings. The van der Waals surface area contributed by atoms with Crippen molar-refractivity contribution in [3.8, 4) is 0 Å². The van der Waals surface area contributed by atoms with Crippen LogP contribution in [0.4, 0.5) is 14.5 Å². The van der Waals surface area contributed by atoms with Crippen molar-refractivity contribution < 1.29 is 18.4 Å². The average Bonchev–Trinajstić information content (AvgIpc) is 3.20. The molecule has 6 N–H and O–H groups in total. The molecule has 1 fully saturated rings. The van der Waals surface area contributed by atoms with E-state index in [1.165, 1.54) is 24.3 Å². The highest BCUT2D eigenvalue weighted by molar-refractivity contribution is 6.31. The van der Waals surface area contributed by atoms with Gasteiger partial charge in [0.15, 0.2) is 0 Å². The van der Waals surface area contributed by atoms with Gasteiger partial charge in [0.2, 0.25) is 11.8 Å². The van der Waals surface area contributed by atoms with Crippen LogP contribution >= 0.6 is 23.2 Å². The molecule has 2 amide bonds. The first-order valence-electron chi connectivity index (χ1n) is 13.8. The molecular weight excluding hydrogens is 593 g/mol. The summed E-state index contributed by atoms with van der Waals surface area (Å²) in [5, 5.41) is 7.85. The number of primary amides is 1. The summed E-state index contributed by atoms with van der Waals surface area (Å²) in [7, 11) is 0. The third-order valence-corrected chi connectivity index (χ3v) is 8.54. The molecule has 4 atom stereocenters. The molecule has 0 bridgehead atoms. The minimum atomic E-state index is -1.58. The van der Waals surface area contributed by atoms with Crippen LogP contribution < -0.4 is 22.1 Å². The summed E-state index contributed by atoms with van der Waals surface area (Å²) in [5.41, 5.74) is 11.8. The van der Waals surface area contributed by atoms with Gasteiger partial charge in [-0.3, -0.25) is 9.59 Å². The van der Waals surface area contributed by atoms with Crippen molar-refractivity contribution in [2.45, 2.75) is 50.7 Å². The molecule has 0 radical (unpaired) electrons. The van der Waals surface area contributed by atoms with Crippen LogP contribution in [0, 0.1) is 17.0 Å². The Hall–Kier alpha value is -3.56. The van der Waals surface area contributed by atoms with Crippen molar-refractivity contribution in [3.05, 3.63) is 111 Å². The monoisotopic (exact) mass is 624 g/mol. The lowest BCUT2D eigenvalue weighted by Crippen LogP contribution is -2.52. The Kier molecular flexibility index (Phi) is 8.26. The molecular formula is C33H32Cl2F2N4O2. The van der Waals surface area contributed by atoms with E-state index in [-0.39, 0.29) is 26.6 Å². The summed E-state index contributed by atoms with van der Waals surface area (Å²) in [6.07, 6.45) is 0.437. The maximum atomic E-state index is 15.8. The minimum absolute atomic E-state index is 0.0888. The van der Waals surface area contributed by atoms with Crippen molar-refractivity contribution in [2.24, 2.45) is 16.9 Å². The van der Waals surface area contributed by atoms with Gasteiger partial charge in [-0.2, -0.15) is 0 Å². The Morgan fingerprint density at radius 1 is 0.977 bits per heavy atom. The number of benzene rings is 4. The molecule has 1 saturated heterocycles. The lowest BCUT2D eigenvalue weighted by atomic mass is 9.68. The number of nitrogens with one attached hydrogen (secondary N) is 2. The van der Waals surface area contributed by atoms with Crippen LogP contribution in [0.1, 0.15) is 54.6 Å². The van der Waals surface area contributed by atoms with Crippen molar-refractivity contribution in [1.29, 1.82) is 0 Å². The molecule has 5 rings (SSSR count). The average molecular weight is 626 g/mol. The number of hydrogen-bond donors (Lipinski definition) is 4. The molecule has 0 aromatic heterocycles. The van der Waals surface area contributed by atoms with E-state index in [4.69, 9.17) is 34.7 Å². The molecule has 10 heteroatoms. The lowest BCUT2D eigenvalue weighted by molar-refractivity contribution is -0.118. The van der Waals surface area contributed by atoms with Gasteiger partial charge >= 0.3 is 0 Å². The van der Waals surface area contributed by atoms with Crippen LogP contribution in [0.2, 0.25) is 10.0 Å². The van der Waals surface area contributed by atoms with Crippen LogP contribution in [0.5, 0.6) is 0 Å². The summed E-state index contributed by atoms with van der Waals surface area (Å²) in [6, 6.07) is 17.2. The fraction of sp³-hybridized carbons (Fsp3) is 0.273. The normalized spacial score (nSPS) is 22.1. The van der Waals surface area contributed by atoms with Crippen LogP contribution in [0.15, 0.2) is 72.8 Å². The fourth-order valence-corrected chi connectivity index (χ4v) is 6.44. The topological polar surface area (TPSA) is 110 Å². The molecule has 43 heavy (non-hydrogen) atoms. The minimum Gasteiger partial charge on any atom is -0.366 e. The largest absolute Gasteiger partial charge is 0.366 e. The number of carbonyl (C=O) groups is 2. The molecule has 224 valence electrons. The van der Waals surface area contributed by atoms with E-state index in [2.05, 4.69) is 10.6 Å². The van der Waals surface area contributed by atoms with Gasteiger partial charge in [0, 0.05) is 33.8 Å². The number of hydrogen-bond acceptors (Lipinski definition) is 4. The Morgan fingerprint density at radius 3 is 2.35 bits per heavy atom. The van der Waals surface area contributed by atoms with Gasteiger partial charge in [0.1, 0.15) is 11.6 Å². The molecule has 0 aliphatic carbocycles. The zero-order valence-electron chi connectivity index (χ0n) is 23.9. The molecule has 4 unspecified atom stereocenters. The first-order valence-corrected chi connectivity index (χ1v) is 14.5. The number of halogens is 4. The predicted octanol–water partition coefficient (Wildman–Crippen LogP) is 6.88. The lowest BCUT2D eigenvalue weighted by Gasteiger charge is -2.40. The van der Waals surface area contributed by atoms with Gasteiger partial charge < -0.3 is 22.1 Å². The van der Waals surface area contributed by atoms with E-state index in [1.807, 2.05) is 20.8 Å². The highest BCUT2D eigenvalue weighted by Crippen LogP contribution is 2.50. The van der Waals surface area contributed by atoms with E-state index < -0.39 is 47.0 Å². The van der Waals surface area contributed by atoms with Crippen molar-refractivity contribution >= 4 is 51.5 Å². The number of rotatable bonds is 6. The van der Waals surface area contributed by atoms with Crippen molar-refractivity contribution in [2.75, 3.05) is 5.32 Å². The third kappa shape index (κ3) is 5.97. The van der Waals surface area contributed by atoms with Crippen LogP contribution in [0.3, 0.4) is 0 Å². The van der Waals surface area contributed by atoms with Gasteiger partial charge in [-0.1, -0.05) is 74.3 Å². The SMILES string of the molecule is CC(C)(C)CC1NC(C(=O)Nc2ccc3cc(C(N)=O)ccc3c2)C(c2cccc(Cl)c2F)C1(N)c1ccc(Cl)cc1F. The third-order valence-electron chi connectivity index (χ3n) is 8.01. The molecule has 6 nitrogen and oxygen atoms in total. The summed E-state index contributed by atoms with van der Waals surface area (Å²) in [6.45, 7) is 6.03. The number of carbonyl (C=O) groups excluding carboxylic acids is 2. The van der Waals surface area contributed by atoms with Crippen LogP contribution in [-0.2, 0) is 10.3 Å². The van der Waals surface area contributed by atoms with Crippen molar-refractivity contribution in [1.82, 2.24) is 5.32 Å². The van der Waals surface area contributed by atoms with Gasteiger partial charge in [-0.05, 0) is 70.6 Å². The predicted molar refractivity (Wildman–Crippen MR) is 167 cm³/mol. The van der Waals surface area contributed by atoms with Crippen molar-refractivity contribution in [3.63, 3.8) is 0 Å². The number of anilines is 1. The standard InChI is InChI=1S/C33H32Cl2F2N4O2/c1-32(2,3)16-26-33(39,23-12-10-20(34)15-25(23)36)27(22-5-4-6-24(35)28(22)37)29(41-26)31(43)40-21-11-9-17-13-19(30(38)42)8-7-18(17)14-21/h4-15,26-27,29,41H,16,39H2,1-3H3,(H2,38,42)(H,40,43). The molecule has 4 aromatic rings. The summed E-state index contributed by atoms with van der Waals surface area (Å²) < 4.78 is 31.5. The smallest absolute Gasteiger partial charge is 0.248 e. The first kappa shape index (κ1) is 30.9. The van der Waals surface area contributed by atoms with Crippen LogP contribution in [-0.4, -0.2) is 23.9 Å².